The molecule has 0 aliphatic carbocycles. The Morgan fingerprint density at radius 2 is 1.82 bits per heavy atom. The highest BCUT2D eigenvalue weighted by Crippen LogP contribution is 2.27. The molecule has 0 N–H and O–H groups in total. The molecule has 1 aromatic rings. The highest BCUT2D eigenvalue weighted by molar-refractivity contribution is 9.10. The molecule has 7 nitrogen and oxygen atoms in total. The monoisotopic (exact) mass is 412 g/mol. The van der Waals surface area contributed by atoms with Crippen molar-refractivity contribution in [3.05, 3.63) is 16.7 Å². The molecule has 2 rings (SSSR count). The number of rotatable bonds is 4. The fourth-order valence-electron chi connectivity index (χ4n) is 2.20. The Balaban J connectivity index is 2.13. The van der Waals surface area contributed by atoms with Gasteiger partial charge in [0.15, 0.2) is 9.84 Å². The van der Waals surface area contributed by atoms with Gasteiger partial charge in [-0.25, -0.2) is 26.1 Å². The zero-order chi connectivity index (χ0) is 16.5. The van der Waals surface area contributed by atoms with Crippen LogP contribution in [0.4, 0.5) is 0 Å². The van der Waals surface area contributed by atoms with Crippen molar-refractivity contribution >= 4 is 35.8 Å². The molecule has 0 radical (unpaired) electrons. The number of sulfonamides is 1. The van der Waals surface area contributed by atoms with Gasteiger partial charge in [0, 0.05) is 30.0 Å². The summed E-state index contributed by atoms with van der Waals surface area (Å²) in [4.78, 5) is 4.05. The van der Waals surface area contributed by atoms with Gasteiger partial charge in [-0.1, -0.05) is 0 Å². The fraction of sp³-hybridized carbons (Fsp3) is 0.583. The molecule has 124 valence electrons. The number of halogens is 1. The summed E-state index contributed by atoms with van der Waals surface area (Å²) in [5.74, 6) is 0.0588. The van der Waals surface area contributed by atoms with Crippen molar-refractivity contribution in [1.29, 1.82) is 0 Å². The van der Waals surface area contributed by atoms with Crippen molar-refractivity contribution in [2.45, 2.75) is 23.8 Å². The average Bonchev–Trinajstić information content (AvgIpc) is 2.39. The zero-order valence-corrected chi connectivity index (χ0v) is 15.4. The third-order valence-electron chi connectivity index (χ3n) is 3.33. The van der Waals surface area contributed by atoms with Gasteiger partial charge in [0.1, 0.15) is 11.0 Å². The van der Waals surface area contributed by atoms with E-state index >= 15 is 0 Å². The molecular formula is C12H17BrN2O5S2. The largest absolute Gasteiger partial charge is 0.473 e. The zero-order valence-electron chi connectivity index (χ0n) is 12.2. The van der Waals surface area contributed by atoms with Crippen LogP contribution >= 0.6 is 15.9 Å². The first-order valence-corrected chi connectivity index (χ1v) is 11.1. The molecule has 0 aromatic carbocycles. The summed E-state index contributed by atoms with van der Waals surface area (Å²) in [6, 6.07) is 1.45. The summed E-state index contributed by atoms with van der Waals surface area (Å²) in [6.07, 6.45) is 4.46. The quantitative estimate of drug-likeness (QED) is 0.733. The molecule has 0 amide bonds. The Labute approximate surface area is 138 Å². The summed E-state index contributed by atoms with van der Waals surface area (Å²) in [5, 5.41) is 0. The van der Waals surface area contributed by atoms with E-state index in [9.17, 15) is 16.8 Å². The van der Waals surface area contributed by atoms with Crippen LogP contribution in [0.25, 0.3) is 0 Å². The van der Waals surface area contributed by atoms with Crippen LogP contribution < -0.4 is 4.74 Å². The van der Waals surface area contributed by atoms with E-state index in [1.54, 1.807) is 0 Å². The van der Waals surface area contributed by atoms with Gasteiger partial charge in [-0.15, -0.1) is 0 Å². The van der Waals surface area contributed by atoms with Gasteiger partial charge in [0.25, 0.3) is 0 Å². The van der Waals surface area contributed by atoms with Crippen molar-refractivity contribution in [1.82, 2.24) is 9.29 Å². The Kier molecular flexibility index (Phi) is 5.15. The smallest absolute Gasteiger partial charge is 0.232 e. The normalized spacial score (nSPS) is 18.3. The Bertz CT molecular complexity index is 756. The maximum atomic E-state index is 11.8. The SMILES string of the molecule is CS(=O)(=O)c1cc(Br)cnc1OC1CCN(S(C)(=O)=O)CC1. The third-order valence-corrected chi connectivity index (χ3v) is 6.16. The number of nitrogens with zero attached hydrogens (tertiary/aromatic N) is 2. The predicted molar refractivity (Wildman–Crippen MR) is 85.1 cm³/mol. The van der Waals surface area contributed by atoms with Gasteiger partial charge in [0.2, 0.25) is 15.9 Å². The van der Waals surface area contributed by atoms with Crippen molar-refractivity contribution in [2.24, 2.45) is 0 Å². The van der Waals surface area contributed by atoms with Gasteiger partial charge in [-0.3, -0.25) is 0 Å². The second-order valence-electron chi connectivity index (χ2n) is 5.21. The number of aromatic nitrogens is 1. The van der Waals surface area contributed by atoms with Crippen LogP contribution in [-0.4, -0.2) is 57.8 Å². The van der Waals surface area contributed by atoms with Crippen LogP contribution in [0.15, 0.2) is 21.6 Å². The summed E-state index contributed by atoms with van der Waals surface area (Å²) < 4.78 is 54.2. The predicted octanol–water partition coefficient (Wildman–Crippen LogP) is 1.05. The maximum Gasteiger partial charge on any atom is 0.232 e. The number of piperidine rings is 1. The number of ether oxygens (including phenoxy) is 1. The van der Waals surface area contributed by atoms with E-state index in [4.69, 9.17) is 4.74 Å². The van der Waals surface area contributed by atoms with Crippen molar-refractivity contribution in [3.63, 3.8) is 0 Å². The van der Waals surface area contributed by atoms with Gasteiger partial charge >= 0.3 is 0 Å². The molecular weight excluding hydrogens is 396 g/mol. The van der Waals surface area contributed by atoms with E-state index in [1.807, 2.05) is 0 Å². The highest BCUT2D eigenvalue weighted by Gasteiger charge is 2.27. The molecule has 1 aliphatic heterocycles. The molecule has 1 aromatic heterocycles. The summed E-state index contributed by atoms with van der Waals surface area (Å²) in [5.41, 5.74) is 0. The standard InChI is InChI=1S/C12H17BrN2O5S2/c1-21(16,17)11-7-9(13)8-14-12(11)20-10-3-5-15(6-4-10)22(2,18)19/h7-8,10H,3-6H2,1-2H3. The molecule has 1 saturated heterocycles. The maximum absolute atomic E-state index is 11.8. The number of sulfone groups is 1. The van der Waals surface area contributed by atoms with Crippen LogP contribution in [-0.2, 0) is 19.9 Å². The van der Waals surface area contributed by atoms with Gasteiger partial charge in [0.05, 0.1) is 6.26 Å². The molecule has 0 bridgehead atoms. The number of hydrogen-bond donors (Lipinski definition) is 0. The van der Waals surface area contributed by atoms with E-state index in [1.165, 1.54) is 22.8 Å². The van der Waals surface area contributed by atoms with Crippen LogP contribution in [0.2, 0.25) is 0 Å². The van der Waals surface area contributed by atoms with Crippen molar-refractivity contribution < 1.29 is 21.6 Å². The second kappa shape index (κ2) is 6.42. The van der Waals surface area contributed by atoms with Gasteiger partial charge in [-0.05, 0) is 34.8 Å². The van der Waals surface area contributed by atoms with E-state index in [0.717, 1.165) is 6.26 Å². The molecule has 22 heavy (non-hydrogen) atoms. The van der Waals surface area contributed by atoms with Crippen LogP contribution in [0, 0.1) is 0 Å². The Morgan fingerprint density at radius 1 is 1.23 bits per heavy atom. The molecule has 10 heteroatoms. The Morgan fingerprint density at radius 3 is 2.32 bits per heavy atom. The summed E-state index contributed by atoms with van der Waals surface area (Å²) in [6.45, 7) is 0.711. The summed E-state index contributed by atoms with van der Waals surface area (Å²) in [7, 11) is -6.66. The molecule has 2 heterocycles. The van der Waals surface area contributed by atoms with Crippen molar-refractivity contribution in [3.8, 4) is 5.88 Å². The fourth-order valence-corrected chi connectivity index (χ4v) is 4.32. The topological polar surface area (TPSA) is 93.6 Å². The lowest BCUT2D eigenvalue weighted by molar-refractivity contribution is 0.126. The molecule has 0 atom stereocenters. The Hall–Kier alpha value is -0.710. The van der Waals surface area contributed by atoms with Crippen LogP contribution in [0.3, 0.4) is 0 Å². The van der Waals surface area contributed by atoms with Crippen LogP contribution in [0.5, 0.6) is 5.88 Å². The molecule has 1 aliphatic rings. The third kappa shape index (κ3) is 4.40. The lowest BCUT2D eigenvalue weighted by Gasteiger charge is -2.30. The van der Waals surface area contributed by atoms with E-state index < -0.39 is 19.9 Å². The molecule has 0 unspecified atom stereocenters. The van der Waals surface area contributed by atoms with Gasteiger partial charge < -0.3 is 4.74 Å². The molecule has 0 saturated carbocycles. The highest BCUT2D eigenvalue weighted by atomic mass is 79.9. The number of hydrogen-bond acceptors (Lipinski definition) is 6. The molecule has 1 fully saturated rings. The van der Waals surface area contributed by atoms with E-state index in [-0.39, 0.29) is 16.9 Å². The lowest BCUT2D eigenvalue weighted by Crippen LogP contribution is -2.41. The minimum absolute atomic E-state index is 0.0208. The first-order valence-electron chi connectivity index (χ1n) is 6.55. The second-order valence-corrected chi connectivity index (χ2v) is 10.1. The lowest BCUT2D eigenvalue weighted by atomic mass is 10.1. The van der Waals surface area contributed by atoms with E-state index in [2.05, 4.69) is 20.9 Å². The number of pyridine rings is 1. The molecule has 0 spiro atoms. The van der Waals surface area contributed by atoms with Crippen molar-refractivity contribution in [2.75, 3.05) is 25.6 Å². The first-order chi connectivity index (χ1) is 10.1. The minimum Gasteiger partial charge on any atom is -0.473 e. The minimum atomic E-state index is -3.46. The first kappa shape index (κ1) is 17.6. The van der Waals surface area contributed by atoms with Gasteiger partial charge in [-0.2, -0.15) is 0 Å². The average molecular weight is 413 g/mol. The van der Waals surface area contributed by atoms with Crippen LogP contribution in [0.1, 0.15) is 12.8 Å². The summed E-state index contributed by atoms with van der Waals surface area (Å²) >= 11 is 3.19. The van der Waals surface area contributed by atoms with E-state index in [0.29, 0.717) is 30.4 Å².